The molecule has 0 aliphatic carbocycles. The molecule has 7 heteroatoms. The first-order valence-electron chi connectivity index (χ1n) is 6.91. The number of hydrogen-bond acceptors (Lipinski definition) is 4. The number of benzene rings is 1. The summed E-state index contributed by atoms with van der Waals surface area (Å²) in [4.78, 5) is 24.6. The third-order valence-corrected chi connectivity index (χ3v) is 5.26. The van der Waals surface area contributed by atoms with Crippen molar-refractivity contribution in [3.8, 4) is 0 Å². The Kier molecular flexibility index (Phi) is 5.63. The number of nitrogens with zero attached hydrogens (tertiary/aromatic N) is 1. The van der Waals surface area contributed by atoms with E-state index in [2.05, 4.69) is 31.9 Å². The number of halogens is 2. The van der Waals surface area contributed by atoms with E-state index in [0.29, 0.717) is 10.0 Å². The van der Waals surface area contributed by atoms with E-state index in [1.807, 2.05) is 19.9 Å². The summed E-state index contributed by atoms with van der Waals surface area (Å²) in [6, 6.07) is 6.78. The molecule has 1 aliphatic heterocycles. The van der Waals surface area contributed by atoms with Crippen LogP contribution >= 0.6 is 31.9 Å². The molecule has 1 saturated heterocycles. The first-order valence-corrected chi connectivity index (χ1v) is 8.61. The Morgan fingerprint density at radius 3 is 2.64 bits per heavy atom. The zero-order chi connectivity index (χ0) is 16.4. The van der Waals surface area contributed by atoms with Crippen molar-refractivity contribution in [2.75, 3.05) is 6.61 Å². The van der Waals surface area contributed by atoms with Crippen molar-refractivity contribution >= 4 is 43.9 Å². The number of alkyl halides is 1. The fourth-order valence-electron chi connectivity index (χ4n) is 2.32. The van der Waals surface area contributed by atoms with Crippen LogP contribution < -0.4 is 0 Å². The maximum Gasteiger partial charge on any atom is 0.417 e. The van der Waals surface area contributed by atoms with E-state index in [9.17, 15) is 14.7 Å². The molecule has 1 aromatic carbocycles. The number of hydrogen-bond donors (Lipinski definition) is 1. The summed E-state index contributed by atoms with van der Waals surface area (Å²) in [5, 5.41) is 10.4. The number of carbonyl (C=O) groups excluding carboxylic acids is 2. The number of aliphatic hydroxyl groups is 1. The van der Waals surface area contributed by atoms with E-state index in [0.717, 1.165) is 4.90 Å². The lowest BCUT2D eigenvalue weighted by Gasteiger charge is -2.26. The minimum Gasteiger partial charge on any atom is -0.447 e. The molecule has 3 atom stereocenters. The summed E-state index contributed by atoms with van der Waals surface area (Å²) in [6.45, 7) is 4.02. The molecule has 0 spiro atoms. The van der Waals surface area contributed by atoms with E-state index in [4.69, 9.17) is 4.74 Å². The van der Waals surface area contributed by atoms with Crippen molar-refractivity contribution in [3.63, 3.8) is 0 Å². The summed E-state index contributed by atoms with van der Waals surface area (Å²) >= 11 is 6.57. The molecule has 0 saturated carbocycles. The van der Waals surface area contributed by atoms with Crippen LogP contribution in [0.25, 0.3) is 0 Å². The van der Waals surface area contributed by atoms with Gasteiger partial charge in [-0.3, -0.25) is 4.79 Å². The normalized spacial score (nSPS) is 20.9. The van der Waals surface area contributed by atoms with Crippen LogP contribution in [-0.2, 0) is 9.53 Å². The van der Waals surface area contributed by atoms with Crippen molar-refractivity contribution in [1.82, 2.24) is 4.90 Å². The van der Waals surface area contributed by atoms with Crippen molar-refractivity contribution in [3.05, 3.63) is 34.3 Å². The molecule has 0 aromatic heterocycles. The molecule has 0 bridgehead atoms. The average molecular weight is 435 g/mol. The number of rotatable bonds is 4. The van der Waals surface area contributed by atoms with Gasteiger partial charge in [0, 0.05) is 4.47 Å². The molecule has 1 heterocycles. The number of carbonyl (C=O) groups is 2. The third kappa shape index (κ3) is 3.36. The Morgan fingerprint density at radius 2 is 2.05 bits per heavy atom. The lowest BCUT2D eigenvalue weighted by atomic mass is 10.0. The zero-order valence-corrected chi connectivity index (χ0v) is 15.4. The molecule has 22 heavy (non-hydrogen) atoms. The van der Waals surface area contributed by atoms with Crippen molar-refractivity contribution in [2.45, 2.75) is 30.8 Å². The van der Waals surface area contributed by atoms with Crippen molar-refractivity contribution < 1.29 is 19.4 Å². The van der Waals surface area contributed by atoms with Crippen LogP contribution in [0.4, 0.5) is 4.79 Å². The van der Waals surface area contributed by atoms with E-state index in [1.165, 1.54) is 0 Å². The fraction of sp³-hybridized carbons (Fsp3) is 0.467. The van der Waals surface area contributed by atoms with Gasteiger partial charge in [-0.25, -0.2) is 9.69 Å². The first kappa shape index (κ1) is 17.4. The largest absolute Gasteiger partial charge is 0.447 e. The van der Waals surface area contributed by atoms with Crippen LogP contribution in [0, 0.1) is 5.92 Å². The van der Waals surface area contributed by atoms with Crippen LogP contribution in [0.2, 0.25) is 0 Å². The molecular weight excluding hydrogens is 418 g/mol. The Balaban J connectivity index is 2.21. The Morgan fingerprint density at radius 1 is 1.41 bits per heavy atom. The number of amides is 2. The average Bonchev–Trinajstić information content (AvgIpc) is 2.87. The second-order valence-electron chi connectivity index (χ2n) is 5.46. The quantitative estimate of drug-likeness (QED) is 0.738. The highest BCUT2D eigenvalue weighted by Crippen LogP contribution is 2.31. The molecule has 2 amide bonds. The zero-order valence-electron chi connectivity index (χ0n) is 12.2. The highest BCUT2D eigenvalue weighted by Gasteiger charge is 2.43. The minimum absolute atomic E-state index is 0.0794. The molecule has 0 radical (unpaired) electrons. The summed E-state index contributed by atoms with van der Waals surface area (Å²) in [5.74, 6) is -0.417. The SMILES string of the molecule is CC(C)[C@H]1COC(=O)N1C(=O)[C@@H](Br)[C@@H](O)c1ccccc1Br. The summed E-state index contributed by atoms with van der Waals surface area (Å²) < 4.78 is 5.67. The summed E-state index contributed by atoms with van der Waals surface area (Å²) in [5.41, 5.74) is 0.575. The van der Waals surface area contributed by atoms with E-state index in [1.54, 1.807) is 18.2 Å². The Labute approximate surface area is 145 Å². The predicted octanol–water partition coefficient (Wildman–Crippen LogP) is 3.25. The minimum atomic E-state index is -1.08. The molecular formula is C15H17Br2NO4. The molecule has 1 N–H and O–H groups in total. The van der Waals surface area contributed by atoms with E-state index >= 15 is 0 Å². The smallest absolute Gasteiger partial charge is 0.417 e. The van der Waals surface area contributed by atoms with Crippen molar-refractivity contribution in [2.24, 2.45) is 5.92 Å². The first-order chi connectivity index (χ1) is 10.3. The van der Waals surface area contributed by atoms with Gasteiger partial charge in [-0.05, 0) is 17.5 Å². The maximum atomic E-state index is 12.6. The molecule has 120 valence electrons. The van der Waals surface area contributed by atoms with Gasteiger partial charge < -0.3 is 9.84 Å². The Hall–Kier alpha value is -0.920. The van der Waals surface area contributed by atoms with Crippen LogP contribution in [0.15, 0.2) is 28.7 Å². The number of imide groups is 1. The molecule has 1 aliphatic rings. The highest BCUT2D eigenvalue weighted by molar-refractivity contribution is 9.10. The number of ether oxygens (including phenoxy) is 1. The van der Waals surface area contributed by atoms with Crippen LogP contribution in [0.5, 0.6) is 0 Å². The topological polar surface area (TPSA) is 66.8 Å². The van der Waals surface area contributed by atoms with Gasteiger partial charge in [0.05, 0.1) is 6.04 Å². The van der Waals surface area contributed by atoms with Crippen LogP contribution in [0.1, 0.15) is 25.5 Å². The van der Waals surface area contributed by atoms with E-state index in [-0.39, 0.29) is 18.6 Å². The molecule has 0 unspecified atom stereocenters. The monoisotopic (exact) mass is 433 g/mol. The molecule has 1 fully saturated rings. The Bertz CT molecular complexity index is 578. The number of cyclic esters (lactones) is 1. The van der Waals surface area contributed by atoms with Gasteiger partial charge in [0.25, 0.3) is 0 Å². The highest BCUT2D eigenvalue weighted by atomic mass is 79.9. The summed E-state index contributed by atoms with van der Waals surface area (Å²) in [6.07, 6.45) is -1.74. The molecule has 5 nitrogen and oxygen atoms in total. The number of aliphatic hydroxyl groups excluding tert-OH is 1. The predicted molar refractivity (Wildman–Crippen MR) is 88.6 cm³/mol. The second kappa shape index (κ2) is 7.10. The van der Waals surface area contributed by atoms with Gasteiger partial charge in [0.15, 0.2) is 0 Å². The van der Waals surface area contributed by atoms with Crippen LogP contribution in [0.3, 0.4) is 0 Å². The standard InChI is InChI=1S/C15H17Br2NO4/c1-8(2)11-7-22-15(21)18(11)14(20)12(17)13(19)9-5-3-4-6-10(9)16/h3-6,8,11-13,19H,7H2,1-2H3/t11-,12+,13+/m1/s1. The third-order valence-electron chi connectivity index (χ3n) is 3.65. The van der Waals surface area contributed by atoms with Gasteiger partial charge in [0.1, 0.15) is 17.5 Å². The molecule has 2 rings (SSSR count). The van der Waals surface area contributed by atoms with Crippen molar-refractivity contribution in [1.29, 1.82) is 0 Å². The lowest BCUT2D eigenvalue weighted by Crippen LogP contribution is -2.46. The summed E-state index contributed by atoms with van der Waals surface area (Å²) in [7, 11) is 0. The lowest BCUT2D eigenvalue weighted by molar-refractivity contribution is -0.130. The van der Waals surface area contributed by atoms with Gasteiger partial charge >= 0.3 is 6.09 Å². The van der Waals surface area contributed by atoms with Gasteiger partial charge in [-0.15, -0.1) is 0 Å². The second-order valence-corrected chi connectivity index (χ2v) is 7.31. The van der Waals surface area contributed by atoms with Gasteiger partial charge in [-0.1, -0.05) is 63.9 Å². The fourth-order valence-corrected chi connectivity index (χ4v) is 3.35. The van der Waals surface area contributed by atoms with Gasteiger partial charge in [-0.2, -0.15) is 0 Å². The maximum absolute atomic E-state index is 12.6. The van der Waals surface area contributed by atoms with Gasteiger partial charge in [0.2, 0.25) is 5.91 Å². The molecule has 1 aromatic rings. The van der Waals surface area contributed by atoms with E-state index < -0.39 is 22.9 Å². The van der Waals surface area contributed by atoms with Crippen LogP contribution in [-0.4, -0.2) is 39.5 Å².